The van der Waals surface area contributed by atoms with Gasteiger partial charge in [-0.1, -0.05) is 0 Å². The first kappa shape index (κ1) is 20.0. The van der Waals surface area contributed by atoms with E-state index in [-0.39, 0.29) is 30.2 Å². The van der Waals surface area contributed by atoms with E-state index in [0.717, 1.165) is 17.0 Å². The first-order valence-corrected chi connectivity index (χ1v) is 8.46. The molecule has 2 aromatic carbocycles. The number of amides is 4. The van der Waals surface area contributed by atoms with Gasteiger partial charge in [0.15, 0.2) is 0 Å². The number of benzene rings is 2. The van der Waals surface area contributed by atoms with Gasteiger partial charge in [0.05, 0.1) is 18.8 Å². The molecule has 150 valence electrons. The van der Waals surface area contributed by atoms with Crippen LogP contribution in [0.5, 0.6) is 0 Å². The van der Waals surface area contributed by atoms with E-state index in [2.05, 4.69) is 16.0 Å². The zero-order valence-corrected chi connectivity index (χ0v) is 14.9. The summed E-state index contributed by atoms with van der Waals surface area (Å²) in [7, 11) is 0. The number of anilines is 3. The lowest BCUT2D eigenvalue weighted by atomic mass is 10.2. The van der Waals surface area contributed by atoms with Crippen molar-refractivity contribution >= 4 is 34.9 Å². The fraction of sp³-hybridized carbons (Fsp3) is 0.105. The summed E-state index contributed by atoms with van der Waals surface area (Å²) >= 11 is 0. The van der Waals surface area contributed by atoms with Crippen LogP contribution in [0.1, 0.15) is 0 Å². The lowest BCUT2D eigenvalue weighted by molar-refractivity contribution is -0.137. The number of hydrogen-bond acceptors (Lipinski definition) is 5. The van der Waals surface area contributed by atoms with E-state index in [9.17, 15) is 23.2 Å². The Kier molecular flexibility index (Phi) is 5.84. The van der Waals surface area contributed by atoms with Crippen molar-refractivity contribution in [1.82, 2.24) is 4.90 Å². The number of nitrogens with zero attached hydrogens (tertiary/aromatic N) is 1. The number of aliphatic hydroxyl groups is 1. The van der Waals surface area contributed by atoms with Gasteiger partial charge in [-0.25, -0.2) is 13.6 Å². The third-order valence-corrected chi connectivity index (χ3v) is 3.93. The molecule has 1 heterocycles. The maximum Gasteiger partial charge on any atom is 0.323 e. The van der Waals surface area contributed by atoms with Crippen LogP contribution < -0.4 is 16.0 Å². The van der Waals surface area contributed by atoms with E-state index in [4.69, 9.17) is 5.11 Å². The van der Waals surface area contributed by atoms with Crippen molar-refractivity contribution in [1.29, 1.82) is 0 Å². The second kappa shape index (κ2) is 8.48. The molecule has 0 aromatic heterocycles. The summed E-state index contributed by atoms with van der Waals surface area (Å²) in [6.45, 7) is -0.541. The van der Waals surface area contributed by atoms with Gasteiger partial charge in [0.2, 0.25) is 0 Å². The average Bonchev–Trinajstić information content (AvgIpc) is 2.93. The largest absolute Gasteiger partial charge is 0.395 e. The maximum atomic E-state index is 14.3. The highest BCUT2D eigenvalue weighted by atomic mass is 19.1. The molecule has 0 saturated heterocycles. The number of imide groups is 1. The van der Waals surface area contributed by atoms with E-state index in [1.807, 2.05) is 0 Å². The van der Waals surface area contributed by atoms with Crippen LogP contribution in [0, 0.1) is 11.6 Å². The molecule has 1 aliphatic rings. The number of β-amino-alcohol motifs (C(OH)–C–C–N with tert-alkyl or cyclic N) is 1. The molecule has 0 aliphatic carbocycles. The minimum Gasteiger partial charge on any atom is -0.395 e. The van der Waals surface area contributed by atoms with Crippen molar-refractivity contribution in [3.63, 3.8) is 0 Å². The van der Waals surface area contributed by atoms with Crippen molar-refractivity contribution in [2.45, 2.75) is 0 Å². The quantitative estimate of drug-likeness (QED) is 0.554. The summed E-state index contributed by atoms with van der Waals surface area (Å²) in [6, 6.07) is 8.16. The third kappa shape index (κ3) is 4.74. The molecule has 8 nitrogen and oxygen atoms in total. The number of carbonyl (C=O) groups is 3. The minimum absolute atomic E-state index is 0.0762. The van der Waals surface area contributed by atoms with Crippen LogP contribution >= 0.6 is 0 Å². The summed E-state index contributed by atoms with van der Waals surface area (Å²) in [5.74, 6) is -2.50. The van der Waals surface area contributed by atoms with Gasteiger partial charge in [0.1, 0.15) is 17.3 Å². The molecule has 0 radical (unpaired) electrons. The topological polar surface area (TPSA) is 111 Å². The van der Waals surface area contributed by atoms with E-state index in [1.165, 1.54) is 36.4 Å². The van der Waals surface area contributed by atoms with Crippen molar-refractivity contribution in [3.8, 4) is 0 Å². The lowest BCUT2D eigenvalue weighted by Crippen LogP contribution is -2.34. The summed E-state index contributed by atoms with van der Waals surface area (Å²) in [5.41, 5.74) is 0.286. The fourth-order valence-corrected chi connectivity index (χ4v) is 2.58. The lowest BCUT2D eigenvalue weighted by Gasteiger charge is -2.14. The number of nitrogens with one attached hydrogen (secondary N) is 3. The number of hydrogen-bond donors (Lipinski definition) is 4. The zero-order valence-electron chi connectivity index (χ0n) is 14.9. The molecule has 0 atom stereocenters. The number of aliphatic hydroxyl groups excluding tert-OH is 1. The van der Waals surface area contributed by atoms with Crippen molar-refractivity contribution in [3.05, 3.63) is 65.9 Å². The van der Waals surface area contributed by atoms with E-state index < -0.39 is 29.5 Å². The van der Waals surface area contributed by atoms with E-state index >= 15 is 0 Å². The minimum atomic E-state index is -0.772. The number of carbonyl (C=O) groups excluding carboxylic acids is 3. The molecule has 1 aliphatic heterocycles. The van der Waals surface area contributed by atoms with Crippen LogP contribution in [-0.4, -0.2) is 41.0 Å². The Morgan fingerprint density at radius 1 is 1.00 bits per heavy atom. The molecule has 4 N–H and O–H groups in total. The number of halogens is 2. The Hall–Kier alpha value is -3.79. The van der Waals surface area contributed by atoms with E-state index in [0.29, 0.717) is 5.69 Å². The first-order valence-electron chi connectivity index (χ1n) is 8.46. The van der Waals surface area contributed by atoms with Crippen LogP contribution in [0.4, 0.5) is 30.6 Å². The standard InChI is InChI=1S/C19H16F2N4O4/c20-11-1-3-12(4-2-11)22-19(29)23-13-5-6-15(14(21)9-13)24-16-10-17(27)25(7-8-26)18(16)28/h1-6,9-10,24,26H,7-8H2,(H2,22,23,29). The normalized spacial score (nSPS) is 13.3. The maximum absolute atomic E-state index is 14.3. The molecule has 0 spiro atoms. The highest BCUT2D eigenvalue weighted by molar-refractivity contribution is 6.17. The molecule has 0 bridgehead atoms. The molecule has 0 unspecified atom stereocenters. The van der Waals surface area contributed by atoms with Crippen molar-refractivity contribution < 1.29 is 28.3 Å². The van der Waals surface area contributed by atoms with Crippen LogP contribution in [-0.2, 0) is 9.59 Å². The SMILES string of the molecule is O=C(Nc1ccc(F)cc1)Nc1ccc(NC2=CC(=O)N(CCO)C2=O)c(F)c1. The summed E-state index contributed by atoms with van der Waals surface area (Å²) < 4.78 is 27.2. The summed E-state index contributed by atoms with van der Waals surface area (Å²) in [5, 5.41) is 16.3. The van der Waals surface area contributed by atoms with Crippen LogP contribution in [0.3, 0.4) is 0 Å². The summed E-state index contributed by atoms with van der Waals surface area (Å²) in [4.78, 5) is 36.6. The predicted octanol–water partition coefficient (Wildman–Crippen LogP) is 2.27. The Balaban J connectivity index is 1.63. The highest BCUT2D eigenvalue weighted by Gasteiger charge is 2.31. The second-order valence-corrected chi connectivity index (χ2v) is 5.98. The fourth-order valence-electron chi connectivity index (χ4n) is 2.58. The van der Waals surface area contributed by atoms with Gasteiger partial charge in [0, 0.05) is 17.5 Å². The summed E-state index contributed by atoms with van der Waals surface area (Å²) in [6.07, 6.45) is 1.01. The van der Waals surface area contributed by atoms with Gasteiger partial charge >= 0.3 is 6.03 Å². The molecule has 10 heteroatoms. The number of urea groups is 1. The average molecular weight is 402 g/mol. The first-order chi connectivity index (χ1) is 13.9. The highest BCUT2D eigenvalue weighted by Crippen LogP contribution is 2.23. The number of rotatable bonds is 6. The molecule has 2 aromatic rings. The van der Waals surface area contributed by atoms with Gasteiger partial charge in [0.25, 0.3) is 11.8 Å². The van der Waals surface area contributed by atoms with Crippen LogP contribution in [0.2, 0.25) is 0 Å². The Bertz CT molecular complexity index is 992. The van der Waals surface area contributed by atoms with Crippen LogP contribution in [0.25, 0.3) is 0 Å². The van der Waals surface area contributed by atoms with Gasteiger partial charge in [-0.05, 0) is 42.5 Å². The monoisotopic (exact) mass is 402 g/mol. The molecule has 29 heavy (non-hydrogen) atoms. The third-order valence-electron chi connectivity index (χ3n) is 3.93. The van der Waals surface area contributed by atoms with Gasteiger partial charge in [-0.2, -0.15) is 0 Å². The Morgan fingerprint density at radius 2 is 1.66 bits per heavy atom. The van der Waals surface area contributed by atoms with Crippen LogP contribution in [0.15, 0.2) is 54.2 Å². The second-order valence-electron chi connectivity index (χ2n) is 5.98. The van der Waals surface area contributed by atoms with E-state index in [1.54, 1.807) is 0 Å². The van der Waals surface area contributed by atoms with Crippen molar-refractivity contribution in [2.24, 2.45) is 0 Å². The molecule has 0 saturated carbocycles. The molecule has 0 fully saturated rings. The van der Waals surface area contributed by atoms with Gasteiger partial charge < -0.3 is 21.1 Å². The zero-order chi connectivity index (χ0) is 21.0. The molecule has 4 amide bonds. The molecular weight excluding hydrogens is 386 g/mol. The predicted molar refractivity (Wildman–Crippen MR) is 101 cm³/mol. The smallest absolute Gasteiger partial charge is 0.323 e. The molecular formula is C19H16F2N4O4. The van der Waals surface area contributed by atoms with Crippen molar-refractivity contribution in [2.75, 3.05) is 29.1 Å². The van der Waals surface area contributed by atoms with Gasteiger partial charge in [-0.3, -0.25) is 14.5 Å². The Morgan fingerprint density at radius 3 is 2.31 bits per heavy atom. The van der Waals surface area contributed by atoms with Gasteiger partial charge in [-0.15, -0.1) is 0 Å². The Labute approximate surface area is 163 Å². The molecule has 3 rings (SSSR count).